The number of carbonyl (C=O) groups is 3. The Morgan fingerprint density at radius 2 is 1.43 bits per heavy atom. The molecular formula is C30H34F2N4O4. The van der Waals surface area contributed by atoms with Crippen molar-refractivity contribution in [2.24, 2.45) is 0 Å². The summed E-state index contributed by atoms with van der Waals surface area (Å²) in [5, 5.41) is 22.1. The number of aryl methyl sites for hydroxylation is 1. The molecule has 0 aromatic heterocycles. The van der Waals surface area contributed by atoms with Gasteiger partial charge in [0.1, 0.15) is 11.6 Å². The van der Waals surface area contributed by atoms with Gasteiger partial charge in [0, 0.05) is 49.9 Å². The molecule has 3 rings (SSSR count). The molecule has 0 spiro atoms. The Morgan fingerprint density at radius 3 is 2.00 bits per heavy atom. The number of benzene rings is 3. The maximum absolute atomic E-state index is 13.9. The van der Waals surface area contributed by atoms with Crippen LogP contribution in [-0.4, -0.2) is 41.5 Å². The molecule has 3 amide bonds. The van der Waals surface area contributed by atoms with Crippen molar-refractivity contribution in [1.82, 2.24) is 10.6 Å². The minimum atomic E-state index is -1.13. The first-order valence-electron chi connectivity index (χ1n) is 12.9. The summed E-state index contributed by atoms with van der Waals surface area (Å²) in [7, 11) is 0. The fraction of sp³-hybridized carbons (Fsp3) is 0.300. The number of halogens is 2. The molecule has 0 aliphatic carbocycles. The summed E-state index contributed by atoms with van der Waals surface area (Å²) >= 11 is 0. The van der Waals surface area contributed by atoms with Crippen molar-refractivity contribution in [2.75, 3.05) is 17.2 Å². The van der Waals surface area contributed by atoms with Gasteiger partial charge >= 0.3 is 0 Å². The van der Waals surface area contributed by atoms with Gasteiger partial charge in [0.2, 0.25) is 11.8 Å². The molecule has 5 N–H and O–H groups in total. The van der Waals surface area contributed by atoms with Gasteiger partial charge in [-0.15, -0.1) is 0 Å². The maximum Gasteiger partial charge on any atom is 0.251 e. The number of hydrogen-bond donors (Lipinski definition) is 5. The summed E-state index contributed by atoms with van der Waals surface area (Å²) in [5.74, 6) is -2.90. The Labute approximate surface area is 232 Å². The van der Waals surface area contributed by atoms with E-state index in [1.165, 1.54) is 37.6 Å². The molecule has 8 nitrogen and oxygen atoms in total. The molecule has 3 aromatic carbocycles. The van der Waals surface area contributed by atoms with Crippen molar-refractivity contribution in [2.45, 2.75) is 52.3 Å². The Balaban J connectivity index is 1.81. The van der Waals surface area contributed by atoms with E-state index in [9.17, 15) is 28.3 Å². The highest BCUT2D eigenvalue weighted by Gasteiger charge is 2.24. The molecule has 0 aliphatic heterocycles. The van der Waals surface area contributed by atoms with Gasteiger partial charge in [-0.05, 0) is 59.9 Å². The summed E-state index contributed by atoms with van der Waals surface area (Å²) in [6.07, 6.45) is -0.293. The van der Waals surface area contributed by atoms with E-state index in [2.05, 4.69) is 34.3 Å². The Kier molecular flexibility index (Phi) is 10.9. The van der Waals surface area contributed by atoms with E-state index in [1.807, 2.05) is 18.2 Å². The number of nitrogens with one attached hydrogen (secondary N) is 4. The van der Waals surface area contributed by atoms with E-state index in [0.717, 1.165) is 30.2 Å². The molecule has 0 saturated carbocycles. The minimum absolute atomic E-state index is 0.0570. The van der Waals surface area contributed by atoms with E-state index in [1.54, 1.807) is 0 Å². The topological polar surface area (TPSA) is 120 Å². The fourth-order valence-corrected chi connectivity index (χ4v) is 4.29. The summed E-state index contributed by atoms with van der Waals surface area (Å²) in [6.45, 7) is 5.23. The van der Waals surface area contributed by atoms with Gasteiger partial charge in [0.25, 0.3) is 5.91 Å². The van der Waals surface area contributed by atoms with Gasteiger partial charge in [-0.1, -0.05) is 31.2 Å². The number of anilines is 2. The lowest BCUT2D eigenvalue weighted by molar-refractivity contribution is -0.115. The molecule has 10 heteroatoms. The van der Waals surface area contributed by atoms with Crippen molar-refractivity contribution < 1.29 is 28.3 Å². The minimum Gasteiger partial charge on any atom is -0.390 e. The highest BCUT2D eigenvalue weighted by molar-refractivity contribution is 6.00. The third kappa shape index (κ3) is 9.55. The molecule has 212 valence electrons. The fourth-order valence-electron chi connectivity index (χ4n) is 4.29. The Morgan fingerprint density at radius 1 is 0.825 bits per heavy atom. The predicted octanol–water partition coefficient (Wildman–Crippen LogP) is 3.94. The van der Waals surface area contributed by atoms with Crippen molar-refractivity contribution >= 4 is 29.1 Å². The number of amides is 3. The van der Waals surface area contributed by atoms with Crippen LogP contribution in [0.5, 0.6) is 0 Å². The summed E-state index contributed by atoms with van der Waals surface area (Å²) in [4.78, 5) is 36.5. The van der Waals surface area contributed by atoms with E-state index in [4.69, 9.17) is 0 Å². The van der Waals surface area contributed by atoms with Crippen LogP contribution in [0.3, 0.4) is 0 Å². The lowest BCUT2D eigenvalue weighted by Crippen LogP contribution is -2.48. The summed E-state index contributed by atoms with van der Waals surface area (Å²) in [5.41, 5.74) is 3.12. The molecule has 0 saturated heterocycles. The zero-order valence-corrected chi connectivity index (χ0v) is 22.7. The lowest BCUT2D eigenvalue weighted by atomic mass is 9.99. The zero-order valence-electron chi connectivity index (χ0n) is 22.7. The first-order chi connectivity index (χ1) is 19.0. The van der Waals surface area contributed by atoms with Gasteiger partial charge in [0.15, 0.2) is 0 Å². The number of rotatable bonds is 12. The maximum atomic E-state index is 13.9. The van der Waals surface area contributed by atoms with Crippen molar-refractivity contribution in [1.29, 1.82) is 0 Å². The van der Waals surface area contributed by atoms with Gasteiger partial charge in [-0.25, -0.2) is 8.78 Å². The second-order valence-corrected chi connectivity index (χ2v) is 9.59. The van der Waals surface area contributed by atoms with Crippen LogP contribution in [0.4, 0.5) is 20.2 Å². The number of carbonyl (C=O) groups excluding carboxylic acids is 3. The van der Waals surface area contributed by atoms with Crippen LogP contribution in [0.1, 0.15) is 47.8 Å². The highest BCUT2D eigenvalue weighted by Crippen LogP contribution is 2.20. The number of hydrogen-bond acceptors (Lipinski definition) is 5. The molecule has 0 radical (unpaired) electrons. The third-order valence-corrected chi connectivity index (χ3v) is 6.08. The van der Waals surface area contributed by atoms with Gasteiger partial charge in [-0.2, -0.15) is 0 Å². The van der Waals surface area contributed by atoms with Gasteiger partial charge in [-0.3, -0.25) is 14.4 Å². The second-order valence-electron chi connectivity index (χ2n) is 9.59. The Bertz CT molecular complexity index is 1310. The van der Waals surface area contributed by atoms with Crippen LogP contribution in [0.15, 0.2) is 60.7 Å². The van der Waals surface area contributed by atoms with Crippen LogP contribution in [-0.2, 0) is 29.0 Å². The monoisotopic (exact) mass is 552 g/mol. The molecular weight excluding hydrogens is 518 g/mol. The van der Waals surface area contributed by atoms with Crippen molar-refractivity contribution in [3.8, 4) is 0 Å². The third-order valence-electron chi connectivity index (χ3n) is 6.08. The smallest absolute Gasteiger partial charge is 0.251 e. The van der Waals surface area contributed by atoms with E-state index in [-0.39, 0.29) is 47.3 Å². The first kappa shape index (κ1) is 30.4. The molecule has 0 unspecified atom stereocenters. The lowest BCUT2D eigenvalue weighted by Gasteiger charge is -2.25. The number of aliphatic hydroxyl groups is 1. The van der Waals surface area contributed by atoms with Crippen LogP contribution in [0, 0.1) is 11.6 Å². The average Bonchev–Trinajstić information content (AvgIpc) is 2.86. The molecule has 0 heterocycles. The SMILES string of the molecule is CCc1cccc(CNC[C@H](O)[C@H](Cc2cc(F)cc(F)c2)NC(=O)c2cc(NC(C)=O)cc(NC(C)=O)c2)c1. The van der Waals surface area contributed by atoms with Gasteiger partial charge < -0.3 is 26.4 Å². The van der Waals surface area contributed by atoms with Crippen LogP contribution >= 0.6 is 0 Å². The largest absolute Gasteiger partial charge is 0.390 e. The van der Waals surface area contributed by atoms with E-state index < -0.39 is 29.7 Å². The van der Waals surface area contributed by atoms with Gasteiger partial charge in [0.05, 0.1) is 12.1 Å². The molecule has 0 bridgehead atoms. The highest BCUT2D eigenvalue weighted by atomic mass is 19.1. The summed E-state index contributed by atoms with van der Waals surface area (Å²) in [6, 6.07) is 14.4. The van der Waals surface area contributed by atoms with E-state index in [0.29, 0.717) is 6.54 Å². The zero-order chi connectivity index (χ0) is 29.2. The van der Waals surface area contributed by atoms with Crippen LogP contribution in [0.25, 0.3) is 0 Å². The summed E-state index contributed by atoms with van der Waals surface area (Å²) < 4.78 is 27.8. The standard InChI is InChI=1S/C30H34F2N4O4/c1-4-20-6-5-7-21(8-20)16-33-17-29(39)28(11-22-9-24(31)14-25(32)10-22)36-30(40)23-12-26(34-18(2)37)15-27(13-23)35-19(3)38/h5-10,12-15,28-29,33,39H,4,11,16-17H2,1-3H3,(H,34,37)(H,35,38)(H,36,40)/t28-,29-/m0/s1. The second kappa shape index (κ2) is 14.3. The van der Waals surface area contributed by atoms with Crippen molar-refractivity contribution in [3.05, 3.63) is 94.6 Å². The molecule has 0 fully saturated rings. The molecule has 40 heavy (non-hydrogen) atoms. The van der Waals surface area contributed by atoms with Crippen LogP contribution in [0.2, 0.25) is 0 Å². The average molecular weight is 553 g/mol. The molecule has 3 aromatic rings. The normalized spacial score (nSPS) is 12.3. The predicted molar refractivity (Wildman–Crippen MR) is 150 cm³/mol. The quantitative estimate of drug-likeness (QED) is 0.233. The van der Waals surface area contributed by atoms with Crippen LogP contribution < -0.4 is 21.3 Å². The van der Waals surface area contributed by atoms with Crippen molar-refractivity contribution in [3.63, 3.8) is 0 Å². The Hall–Kier alpha value is -4.15. The van der Waals surface area contributed by atoms with E-state index >= 15 is 0 Å². The molecule has 0 aliphatic rings. The number of aliphatic hydroxyl groups excluding tert-OH is 1. The first-order valence-corrected chi connectivity index (χ1v) is 12.9. The molecule has 2 atom stereocenters.